The van der Waals surface area contributed by atoms with Crippen molar-refractivity contribution in [1.82, 2.24) is 4.98 Å². The lowest BCUT2D eigenvalue weighted by Crippen LogP contribution is -2.04. The molecule has 0 radical (unpaired) electrons. The van der Waals surface area contributed by atoms with Gasteiger partial charge in [-0.15, -0.1) is 11.3 Å². The summed E-state index contributed by atoms with van der Waals surface area (Å²) in [6.07, 6.45) is 6.09. The maximum Gasteiger partial charge on any atom is 0.142 e. The Labute approximate surface area is 140 Å². The summed E-state index contributed by atoms with van der Waals surface area (Å²) in [5.74, 6) is -0.400. The minimum absolute atomic E-state index is 0.158. The number of rotatable bonds is 7. The molecule has 1 heterocycles. The lowest BCUT2D eigenvalue weighted by molar-refractivity contribution is 0.623. The van der Waals surface area contributed by atoms with E-state index in [1.807, 2.05) is 18.4 Å². The van der Waals surface area contributed by atoms with Gasteiger partial charge in [0.2, 0.25) is 0 Å². The first-order chi connectivity index (χ1) is 10.6. The summed E-state index contributed by atoms with van der Waals surface area (Å²) in [6.45, 7) is 4.11. The Morgan fingerprint density at radius 1 is 1.41 bits per heavy atom. The number of aromatic nitrogens is 1. The molecule has 0 aliphatic carbocycles. The Morgan fingerprint density at radius 3 is 2.91 bits per heavy atom. The smallest absolute Gasteiger partial charge is 0.142 e. The van der Waals surface area contributed by atoms with Crippen LogP contribution in [0.4, 0.5) is 4.39 Å². The molecule has 0 saturated carbocycles. The Balaban J connectivity index is 2.25. The highest BCUT2D eigenvalue weighted by atomic mass is 35.5. The fourth-order valence-electron chi connectivity index (χ4n) is 2.28. The van der Waals surface area contributed by atoms with Crippen LogP contribution in [0, 0.1) is 5.82 Å². The highest BCUT2D eigenvalue weighted by Crippen LogP contribution is 2.28. The average Bonchev–Trinajstić information content (AvgIpc) is 3.03. The maximum absolute atomic E-state index is 13.6. The summed E-state index contributed by atoms with van der Waals surface area (Å²) in [5, 5.41) is 3.05. The first kappa shape index (κ1) is 17.1. The second kappa shape index (κ2) is 8.39. The van der Waals surface area contributed by atoms with Crippen LogP contribution in [0.3, 0.4) is 0 Å². The van der Waals surface area contributed by atoms with Crippen LogP contribution in [-0.4, -0.2) is 10.7 Å². The lowest BCUT2D eigenvalue weighted by Gasteiger charge is -2.12. The Bertz CT molecular complexity index is 626. The lowest BCUT2D eigenvalue weighted by atomic mass is 10.1. The molecule has 0 fully saturated rings. The number of aliphatic imine (C=N–C) groups is 1. The van der Waals surface area contributed by atoms with Crippen LogP contribution in [0.2, 0.25) is 5.02 Å². The van der Waals surface area contributed by atoms with Gasteiger partial charge in [-0.25, -0.2) is 9.37 Å². The normalized spacial score (nSPS) is 13.4. The third-order valence-corrected chi connectivity index (χ3v) is 4.70. The van der Waals surface area contributed by atoms with Crippen LogP contribution in [0.15, 0.2) is 34.8 Å². The number of hydrogen-bond acceptors (Lipinski definition) is 3. The number of nitrogens with zero attached hydrogens (tertiary/aromatic N) is 2. The number of benzene rings is 1. The van der Waals surface area contributed by atoms with Crippen molar-refractivity contribution in [2.45, 2.75) is 45.6 Å². The molecule has 0 bridgehead atoms. The summed E-state index contributed by atoms with van der Waals surface area (Å²) in [4.78, 5) is 9.14. The molecule has 2 rings (SSSR count). The molecule has 2 aromatic rings. The fraction of sp³-hybridized carbons (Fsp3) is 0.412. The number of thiazole rings is 1. The zero-order valence-corrected chi connectivity index (χ0v) is 14.4. The fourth-order valence-corrected chi connectivity index (χ4v) is 3.23. The van der Waals surface area contributed by atoms with Crippen molar-refractivity contribution in [2.24, 2.45) is 4.99 Å². The summed E-state index contributed by atoms with van der Waals surface area (Å²) in [5.41, 5.74) is 1.70. The summed E-state index contributed by atoms with van der Waals surface area (Å²) >= 11 is 7.65. The van der Waals surface area contributed by atoms with Gasteiger partial charge in [0, 0.05) is 11.6 Å². The summed E-state index contributed by atoms with van der Waals surface area (Å²) in [6, 6.07) is 4.67. The molecule has 0 N–H and O–H groups in total. The van der Waals surface area contributed by atoms with Gasteiger partial charge >= 0.3 is 0 Å². The van der Waals surface area contributed by atoms with Gasteiger partial charge < -0.3 is 0 Å². The van der Waals surface area contributed by atoms with Gasteiger partial charge in [-0.2, -0.15) is 0 Å². The van der Waals surface area contributed by atoms with Crippen molar-refractivity contribution in [1.29, 1.82) is 0 Å². The number of hydrogen-bond donors (Lipinski definition) is 0. The molecule has 0 aliphatic rings. The topological polar surface area (TPSA) is 25.2 Å². The van der Waals surface area contributed by atoms with Crippen LogP contribution >= 0.6 is 22.9 Å². The quantitative estimate of drug-likeness (QED) is 0.444. The number of halogens is 2. The molecule has 22 heavy (non-hydrogen) atoms. The zero-order valence-electron chi connectivity index (χ0n) is 12.9. The second-order valence-electron chi connectivity index (χ2n) is 5.19. The molecular formula is C17H20ClFN2S. The monoisotopic (exact) mass is 338 g/mol. The van der Waals surface area contributed by atoms with Crippen molar-refractivity contribution < 1.29 is 4.39 Å². The molecule has 2 nitrogen and oxygen atoms in total. The Morgan fingerprint density at radius 2 is 2.23 bits per heavy atom. The van der Waals surface area contributed by atoms with E-state index in [1.165, 1.54) is 12.5 Å². The highest BCUT2D eigenvalue weighted by Gasteiger charge is 2.14. The summed E-state index contributed by atoms with van der Waals surface area (Å²) < 4.78 is 13.6. The van der Waals surface area contributed by atoms with Gasteiger partial charge in [-0.1, -0.05) is 43.5 Å². The predicted molar refractivity (Wildman–Crippen MR) is 92.6 cm³/mol. The van der Waals surface area contributed by atoms with Crippen molar-refractivity contribution in [3.63, 3.8) is 0 Å². The van der Waals surface area contributed by atoms with Crippen LogP contribution in [0.25, 0.3) is 0 Å². The Kier molecular flexibility index (Phi) is 6.52. The molecule has 118 valence electrons. The van der Waals surface area contributed by atoms with E-state index < -0.39 is 5.82 Å². The highest BCUT2D eigenvalue weighted by molar-refractivity contribution is 7.11. The standard InChI is InChI=1S/C17H20ClFN2S/c1-3-4-5-9-15(17-20-10-11-22-17)21-12(2)13-7-6-8-14(19)16(13)18/h6-8,10-12H,3-5,9H2,1-2H3/t12-/m1/s1. The zero-order chi connectivity index (χ0) is 15.9. The van der Waals surface area contributed by atoms with Gasteiger partial charge in [0.15, 0.2) is 0 Å². The van der Waals surface area contributed by atoms with Crippen molar-refractivity contribution in [2.75, 3.05) is 0 Å². The third-order valence-electron chi connectivity index (χ3n) is 3.48. The van der Waals surface area contributed by atoms with Gasteiger partial charge in [0.1, 0.15) is 10.8 Å². The van der Waals surface area contributed by atoms with Crippen LogP contribution in [-0.2, 0) is 0 Å². The first-order valence-corrected chi connectivity index (χ1v) is 8.79. The minimum atomic E-state index is -0.400. The second-order valence-corrected chi connectivity index (χ2v) is 6.46. The molecule has 1 aromatic heterocycles. The van der Waals surface area contributed by atoms with Crippen molar-refractivity contribution in [3.05, 3.63) is 51.2 Å². The van der Waals surface area contributed by atoms with Crippen LogP contribution < -0.4 is 0 Å². The van der Waals surface area contributed by atoms with E-state index in [9.17, 15) is 4.39 Å². The SMILES string of the molecule is CCCCCC(=N[C@H](C)c1cccc(F)c1Cl)c1nccs1. The van der Waals surface area contributed by atoms with Crippen molar-refractivity contribution in [3.8, 4) is 0 Å². The molecule has 5 heteroatoms. The van der Waals surface area contributed by atoms with Crippen LogP contribution in [0.5, 0.6) is 0 Å². The predicted octanol–water partition coefficient (Wildman–Crippen LogP) is 6.07. The maximum atomic E-state index is 13.6. The third kappa shape index (κ3) is 4.37. The van der Waals surface area contributed by atoms with E-state index in [4.69, 9.17) is 16.6 Å². The molecule has 0 aliphatic heterocycles. The van der Waals surface area contributed by atoms with Gasteiger partial charge in [0.05, 0.1) is 16.8 Å². The molecule has 0 spiro atoms. The molecule has 1 atom stereocenters. The first-order valence-electron chi connectivity index (χ1n) is 7.54. The van der Waals surface area contributed by atoms with E-state index >= 15 is 0 Å². The van der Waals surface area contributed by atoms with Crippen molar-refractivity contribution >= 4 is 28.6 Å². The van der Waals surface area contributed by atoms with Crippen LogP contribution in [0.1, 0.15) is 56.1 Å². The molecular weight excluding hydrogens is 319 g/mol. The van der Waals surface area contributed by atoms with E-state index in [0.29, 0.717) is 5.56 Å². The van der Waals surface area contributed by atoms with E-state index in [-0.39, 0.29) is 11.1 Å². The van der Waals surface area contributed by atoms with E-state index in [1.54, 1.807) is 23.6 Å². The molecule has 0 amide bonds. The molecule has 1 aromatic carbocycles. The average molecular weight is 339 g/mol. The summed E-state index contributed by atoms with van der Waals surface area (Å²) in [7, 11) is 0. The van der Waals surface area contributed by atoms with Gasteiger partial charge in [-0.3, -0.25) is 4.99 Å². The number of unbranched alkanes of at least 4 members (excludes halogenated alkanes) is 2. The Hall–Kier alpha value is -1.26. The van der Waals surface area contributed by atoms with Gasteiger partial charge in [-0.05, 0) is 31.4 Å². The van der Waals surface area contributed by atoms with E-state index in [2.05, 4.69) is 11.9 Å². The largest absolute Gasteiger partial charge is 0.279 e. The minimum Gasteiger partial charge on any atom is -0.279 e. The van der Waals surface area contributed by atoms with E-state index in [0.717, 1.165) is 30.0 Å². The molecule has 0 saturated heterocycles. The molecule has 0 unspecified atom stereocenters. The van der Waals surface area contributed by atoms with Gasteiger partial charge in [0.25, 0.3) is 0 Å².